The molecule has 0 saturated heterocycles. The number of amides is 1. The van der Waals surface area contributed by atoms with E-state index < -0.39 is 4.92 Å². The van der Waals surface area contributed by atoms with Crippen LogP contribution in [0.1, 0.15) is 44.5 Å². The van der Waals surface area contributed by atoms with E-state index in [1.54, 1.807) is 24.1 Å². The van der Waals surface area contributed by atoms with Crippen LogP contribution in [0.15, 0.2) is 18.2 Å². The van der Waals surface area contributed by atoms with Gasteiger partial charge in [-0.2, -0.15) is 0 Å². The highest BCUT2D eigenvalue weighted by Gasteiger charge is 2.27. The Bertz CT molecular complexity index is 541. The summed E-state index contributed by atoms with van der Waals surface area (Å²) in [5, 5.41) is 14.1. The van der Waals surface area contributed by atoms with Crippen molar-refractivity contribution in [2.24, 2.45) is 0 Å². The summed E-state index contributed by atoms with van der Waals surface area (Å²) in [6.07, 6.45) is 0.798. The molecule has 0 aliphatic heterocycles. The zero-order valence-electron chi connectivity index (χ0n) is 13.3. The van der Waals surface area contributed by atoms with Crippen molar-refractivity contribution < 1.29 is 9.72 Å². The highest BCUT2D eigenvalue weighted by Crippen LogP contribution is 2.27. The molecule has 6 nitrogen and oxygen atoms in total. The van der Waals surface area contributed by atoms with Gasteiger partial charge in [-0.25, -0.2) is 0 Å². The van der Waals surface area contributed by atoms with Gasteiger partial charge in [0, 0.05) is 30.8 Å². The van der Waals surface area contributed by atoms with Gasteiger partial charge in [0.05, 0.1) is 4.92 Å². The molecule has 0 aliphatic rings. The first-order valence-electron chi connectivity index (χ1n) is 7.05. The van der Waals surface area contributed by atoms with E-state index in [-0.39, 0.29) is 17.1 Å². The Morgan fingerprint density at radius 2 is 2.00 bits per heavy atom. The number of anilines is 1. The molecular formula is C15H23N3O3. The number of nitrogens with one attached hydrogen (secondary N) is 1. The number of rotatable bonds is 6. The van der Waals surface area contributed by atoms with E-state index in [1.807, 2.05) is 27.7 Å². The fourth-order valence-electron chi connectivity index (χ4n) is 1.86. The third-order valence-corrected chi connectivity index (χ3v) is 3.89. The number of nitro benzene ring substituents is 1. The minimum absolute atomic E-state index is 0.0783. The molecule has 116 valence electrons. The Kier molecular flexibility index (Phi) is 5.29. The maximum absolute atomic E-state index is 12.5. The van der Waals surface area contributed by atoms with Crippen LogP contribution >= 0.6 is 0 Å². The highest BCUT2D eigenvalue weighted by atomic mass is 16.6. The standard InChI is InChI=1S/C15H23N3O3/c1-6-15(3,4)17(5)14(19)11-8-9-12(16-7-2)13(10-11)18(20)21/h8-10,16H,6-7H2,1-5H3. The lowest BCUT2D eigenvalue weighted by Crippen LogP contribution is -2.44. The molecule has 0 bridgehead atoms. The van der Waals surface area contributed by atoms with E-state index in [0.717, 1.165) is 6.42 Å². The lowest BCUT2D eigenvalue weighted by Gasteiger charge is -2.34. The summed E-state index contributed by atoms with van der Waals surface area (Å²) in [6, 6.07) is 4.54. The summed E-state index contributed by atoms with van der Waals surface area (Å²) in [5.41, 5.74) is 0.376. The monoisotopic (exact) mass is 293 g/mol. The number of benzene rings is 1. The van der Waals surface area contributed by atoms with Gasteiger partial charge in [0.1, 0.15) is 5.69 Å². The minimum Gasteiger partial charge on any atom is -0.380 e. The molecule has 0 saturated carbocycles. The van der Waals surface area contributed by atoms with Gasteiger partial charge in [-0.3, -0.25) is 14.9 Å². The first kappa shape index (κ1) is 16.9. The van der Waals surface area contributed by atoms with E-state index >= 15 is 0 Å². The first-order chi connectivity index (χ1) is 9.74. The normalized spacial score (nSPS) is 11.1. The van der Waals surface area contributed by atoms with Crippen LogP contribution in [0.5, 0.6) is 0 Å². The average Bonchev–Trinajstić information content (AvgIpc) is 2.46. The zero-order chi connectivity index (χ0) is 16.2. The summed E-state index contributed by atoms with van der Waals surface area (Å²) in [6.45, 7) is 8.37. The molecular weight excluding hydrogens is 270 g/mol. The maximum atomic E-state index is 12.5. The van der Waals surface area contributed by atoms with E-state index in [4.69, 9.17) is 0 Å². The topological polar surface area (TPSA) is 75.5 Å². The predicted octanol–water partition coefficient (Wildman–Crippen LogP) is 3.29. The van der Waals surface area contributed by atoms with Crippen molar-refractivity contribution in [2.45, 2.75) is 39.7 Å². The van der Waals surface area contributed by atoms with Crippen LogP contribution in [0.2, 0.25) is 0 Å². The van der Waals surface area contributed by atoms with Crippen LogP contribution in [0.25, 0.3) is 0 Å². The summed E-state index contributed by atoms with van der Waals surface area (Å²) in [5.74, 6) is -0.215. The van der Waals surface area contributed by atoms with Crippen LogP contribution in [-0.4, -0.2) is 34.9 Å². The zero-order valence-corrected chi connectivity index (χ0v) is 13.3. The van der Waals surface area contributed by atoms with Gasteiger partial charge >= 0.3 is 0 Å². The molecule has 0 aromatic heterocycles. The quantitative estimate of drug-likeness (QED) is 0.645. The molecule has 1 amide bonds. The number of hydrogen-bond acceptors (Lipinski definition) is 4. The van der Waals surface area contributed by atoms with Gasteiger partial charge in [0.2, 0.25) is 0 Å². The van der Waals surface area contributed by atoms with E-state index in [1.165, 1.54) is 6.07 Å². The average molecular weight is 293 g/mol. The highest BCUT2D eigenvalue weighted by molar-refractivity contribution is 5.96. The second-order valence-corrected chi connectivity index (χ2v) is 5.55. The number of carbonyl (C=O) groups is 1. The summed E-state index contributed by atoms with van der Waals surface area (Å²) >= 11 is 0. The third-order valence-electron chi connectivity index (χ3n) is 3.89. The lowest BCUT2D eigenvalue weighted by molar-refractivity contribution is -0.384. The SMILES string of the molecule is CCNc1ccc(C(=O)N(C)C(C)(C)CC)cc1[N+](=O)[O-]. The second-order valence-electron chi connectivity index (χ2n) is 5.55. The summed E-state index contributed by atoms with van der Waals surface area (Å²) < 4.78 is 0. The van der Waals surface area contributed by atoms with Crippen molar-refractivity contribution in [3.05, 3.63) is 33.9 Å². The van der Waals surface area contributed by atoms with Crippen molar-refractivity contribution in [1.29, 1.82) is 0 Å². The van der Waals surface area contributed by atoms with Crippen LogP contribution in [0.4, 0.5) is 11.4 Å². The second kappa shape index (κ2) is 6.56. The van der Waals surface area contributed by atoms with Gasteiger partial charge in [-0.05, 0) is 39.3 Å². The number of carbonyl (C=O) groups excluding carboxylic acids is 1. The molecule has 6 heteroatoms. The van der Waals surface area contributed by atoms with Gasteiger partial charge in [0.15, 0.2) is 0 Å². The molecule has 1 aromatic rings. The molecule has 0 spiro atoms. The molecule has 0 aliphatic carbocycles. The molecule has 1 aromatic carbocycles. The fraction of sp³-hybridized carbons (Fsp3) is 0.533. The van der Waals surface area contributed by atoms with Crippen LogP contribution in [0, 0.1) is 10.1 Å². The van der Waals surface area contributed by atoms with Crippen LogP contribution in [-0.2, 0) is 0 Å². The molecule has 0 unspecified atom stereocenters. The van der Waals surface area contributed by atoms with Crippen molar-refractivity contribution in [1.82, 2.24) is 4.90 Å². The van der Waals surface area contributed by atoms with Gasteiger partial charge in [0.25, 0.3) is 11.6 Å². The molecule has 0 fully saturated rings. The first-order valence-corrected chi connectivity index (χ1v) is 7.05. The minimum atomic E-state index is -0.472. The number of hydrogen-bond donors (Lipinski definition) is 1. The van der Waals surface area contributed by atoms with Gasteiger partial charge in [-0.1, -0.05) is 6.92 Å². The van der Waals surface area contributed by atoms with Crippen LogP contribution in [0.3, 0.4) is 0 Å². The van der Waals surface area contributed by atoms with Crippen molar-refractivity contribution in [2.75, 3.05) is 18.9 Å². The van der Waals surface area contributed by atoms with Gasteiger partial charge < -0.3 is 10.2 Å². The van der Waals surface area contributed by atoms with E-state index in [9.17, 15) is 14.9 Å². The lowest BCUT2D eigenvalue weighted by atomic mass is 9.98. The summed E-state index contributed by atoms with van der Waals surface area (Å²) in [4.78, 5) is 24.8. The Hall–Kier alpha value is -2.11. The predicted molar refractivity (Wildman–Crippen MR) is 83.7 cm³/mol. The van der Waals surface area contributed by atoms with Crippen molar-refractivity contribution in [3.63, 3.8) is 0 Å². The van der Waals surface area contributed by atoms with Crippen molar-refractivity contribution >= 4 is 17.3 Å². The van der Waals surface area contributed by atoms with E-state index in [0.29, 0.717) is 17.8 Å². The maximum Gasteiger partial charge on any atom is 0.293 e. The van der Waals surface area contributed by atoms with Crippen molar-refractivity contribution in [3.8, 4) is 0 Å². The molecule has 0 heterocycles. The van der Waals surface area contributed by atoms with Crippen LogP contribution < -0.4 is 5.32 Å². The third kappa shape index (κ3) is 3.71. The summed E-state index contributed by atoms with van der Waals surface area (Å²) in [7, 11) is 1.72. The Labute approximate surface area is 125 Å². The van der Waals surface area contributed by atoms with E-state index in [2.05, 4.69) is 5.32 Å². The molecule has 0 atom stereocenters. The van der Waals surface area contributed by atoms with Gasteiger partial charge in [-0.15, -0.1) is 0 Å². The molecule has 1 rings (SSSR count). The smallest absolute Gasteiger partial charge is 0.293 e. The molecule has 1 N–H and O–H groups in total. The Balaban J connectivity index is 3.17. The molecule has 0 radical (unpaired) electrons. The molecule has 21 heavy (non-hydrogen) atoms. The fourth-order valence-corrected chi connectivity index (χ4v) is 1.86. The largest absolute Gasteiger partial charge is 0.380 e. The Morgan fingerprint density at radius 1 is 1.38 bits per heavy atom. The number of nitrogens with zero attached hydrogens (tertiary/aromatic N) is 2. The number of nitro groups is 1. The Morgan fingerprint density at radius 3 is 2.48 bits per heavy atom.